The maximum atomic E-state index is 11.8. The lowest BCUT2D eigenvalue weighted by Crippen LogP contribution is -2.30. The van der Waals surface area contributed by atoms with Crippen LogP contribution in [0.15, 0.2) is 22.9 Å². The van der Waals surface area contributed by atoms with Gasteiger partial charge in [0.2, 0.25) is 0 Å². The molecule has 1 fully saturated rings. The first kappa shape index (κ1) is 12.5. The van der Waals surface area contributed by atoms with Crippen molar-refractivity contribution in [3.05, 3.63) is 28.5 Å². The molecule has 0 spiro atoms. The highest BCUT2D eigenvalue weighted by Crippen LogP contribution is 2.47. The first-order chi connectivity index (χ1) is 8.15. The Morgan fingerprint density at radius 2 is 2.29 bits per heavy atom. The second-order valence-corrected chi connectivity index (χ2v) is 5.46. The number of pyridine rings is 1. The zero-order valence-electron chi connectivity index (χ0n) is 9.45. The number of nitrogens with one attached hydrogen (secondary N) is 1. The van der Waals surface area contributed by atoms with E-state index in [-0.39, 0.29) is 17.9 Å². The van der Waals surface area contributed by atoms with E-state index in [9.17, 15) is 4.79 Å². The van der Waals surface area contributed by atoms with Gasteiger partial charge in [-0.15, -0.1) is 0 Å². The number of hydrogen-bond donors (Lipinski definition) is 2. The van der Waals surface area contributed by atoms with Crippen molar-refractivity contribution in [2.45, 2.75) is 19.3 Å². The van der Waals surface area contributed by atoms with E-state index in [4.69, 9.17) is 5.11 Å². The van der Waals surface area contributed by atoms with Gasteiger partial charge in [-0.25, -0.2) is 0 Å². The second kappa shape index (κ2) is 5.14. The number of aliphatic hydroxyl groups is 1. The average molecular weight is 299 g/mol. The van der Waals surface area contributed by atoms with Gasteiger partial charge in [-0.1, -0.05) is 0 Å². The third kappa shape index (κ3) is 3.26. The fourth-order valence-corrected chi connectivity index (χ4v) is 2.20. The first-order valence-electron chi connectivity index (χ1n) is 5.65. The smallest absolute Gasteiger partial charge is 0.252 e. The Hall–Kier alpha value is -0.940. The van der Waals surface area contributed by atoms with Crippen LogP contribution in [0.4, 0.5) is 0 Å². The summed E-state index contributed by atoms with van der Waals surface area (Å²) in [4.78, 5) is 15.8. The molecule has 1 aliphatic rings. The Balaban J connectivity index is 1.90. The fraction of sp³-hybridized carbons (Fsp3) is 0.500. The van der Waals surface area contributed by atoms with Gasteiger partial charge in [0.15, 0.2) is 0 Å². The molecule has 1 aromatic heterocycles. The molecule has 0 aliphatic heterocycles. The normalized spacial score (nSPS) is 16.6. The highest BCUT2D eigenvalue weighted by molar-refractivity contribution is 9.10. The summed E-state index contributed by atoms with van der Waals surface area (Å²) in [7, 11) is 0. The van der Waals surface area contributed by atoms with E-state index < -0.39 is 0 Å². The summed E-state index contributed by atoms with van der Waals surface area (Å²) in [6, 6.07) is 1.74. The topological polar surface area (TPSA) is 62.2 Å². The molecule has 2 N–H and O–H groups in total. The summed E-state index contributed by atoms with van der Waals surface area (Å²) in [5.41, 5.74) is 0.697. The quantitative estimate of drug-likeness (QED) is 0.870. The summed E-state index contributed by atoms with van der Waals surface area (Å²) in [5, 5.41) is 11.8. The molecular formula is C12H15BrN2O2. The van der Waals surface area contributed by atoms with Crippen LogP contribution in [-0.2, 0) is 0 Å². The molecule has 0 unspecified atom stereocenters. The minimum Gasteiger partial charge on any atom is -0.396 e. The molecule has 0 bridgehead atoms. The molecule has 1 heterocycles. The van der Waals surface area contributed by atoms with Crippen LogP contribution in [-0.4, -0.2) is 29.1 Å². The molecule has 1 aliphatic carbocycles. The molecule has 17 heavy (non-hydrogen) atoms. The van der Waals surface area contributed by atoms with Crippen LogP contribution in [0.3, 0.4) is 0 Å². The lowest BCUT2D eigenvalue weighted by Gasteiger charge is -2.14. The van der Waals surface area contributed by atoms with Crippen LogP contribution in [0.25, 0.3) is 0 Å². The van der Waals surface area contributed by atoms with Crippen molar-refractivity contribution in [3.8, 4) is 0 Å². The molecular weight excluding hydrogens is 284 g/mol. The predicted molar refractivity (Wildman–Crippen MR) is 67.6 cm³/mol. The Morgan fingerprint density at radius 1 is 1.53 bits per heavy atom. The van der Waals surface area contributed by atoms with Gasteiger partial charge in [0, 0.05) is 30.0 Å². The van der Waals surface area contributed by atoms with Crippen molar-refractivity contribution in [2.75, 3.05) is 13.2 Å². The average Bonchev–Trinajstić information content (AvgIpc) is 3.07. The third-order valence-corrected chi connectivity index (χ3v) is 3.62. The van der Waals surface area contributed by atoms with Crippen LogP contribution in [0.5, 0.6) is 0 Å². The molecule has 92 valence electrons. The van der Waals surface area contributed by atoms with Crippen LogP contribution >= 0.6 is 15.9 Å². The van der Waals surface area contributed by atoms with Crippen LogP contribution in [0, 0.1) is 5.41 Å². The fourth-order valence-electron chi connectivity index (χ4n) is 1.83. The number of aliphatic hydroxyl groups excluding tert-OH is 1. The number of carbonyl (C=O) groups excluding carboxylic acids is 1. The SMILES string of the molecule is O=C(NCC1(CCO)CC1)c1cncc(Br)c1. The van der Waals surface area contributed by atoms with Gasteiger partial charge in [0.25, 0.3) is 5.91 Å². The molecule has 1 aromatic rings. The van der Waals surface area contributed by atoms with Crippen molar-refractivity contribution in [1.29, 1.82) is 0 Å². The Labute approximate surface area is 109 Å². The van der Waals surface area contributed by atoms with E-state index in [1.54, 1.807) is 18.5 Å². The molecule has 2 rings (SSSR count). The molecule has 1 saturated carbocycles. The van der Waals surface area contributed by atoms with Gasteiger partial charge in [-0.05, 0) is 46.7 Å². The Kier molecular flexibility index (Phi) is 3.79. The van der Waals surface area contributed by atoms with E-state index in [0.29, 0.717) is 12.1 Å². The Morgan fingerprint density at radius 3 is 2.88 bits per heavy atom. The minimum atomic E-state index is -0.108. The van der Waals surface area contributed by atoms with Gasteiger partial charge in [0.05, 0.1) is 5.56 Å². The summed E-state index contributed by atoms with van der Waals surface area (Å²) in [5.74, 6) is -0.108. The molecule has 1 amide bonds. The van der Waals surface area contributed by atoms with Crippen molar-refractivity contribution in [2.24, 2.45) is 5.41 Å². The summed E-state index contributed by atoms with van der Waals surface area (Å²) >= 11 is 3.28. The zero-order valence-corrected chi connectivity index (χ0v) is 11.0. The molecule has 4 nitrogen and oxygen atoms in total. The standard InChI is InChI=1S/C12H15BrN2O2/c13-10-5-9(6-14-7-10)11(17)15-8-12(1-2-12)3-4-16/h5-7,16H,1-4,8H2,(H,15,17). The largest absolute Gasteiger partial charge is 0.396 e. The first-order valence-corrected chi connectivity index (χ1v) is 6.44. The highest BCUT2D eigenvalue weighted by Gasteiger charge is 2.41. The molecule has 0 atom stereocenters. The number of amides is 1. The molecule has 0 radical (unpaired) electrons. The van der Waals surface area contributed by atoms with Crippen LogP contribution in [0.1, 0.15) is 29.6 Å². The van der Waals surface area contributed by atoms with Gasteiger partial charge in [0.1, 0.15) is 0 Å². The van der Waals surface area contributed by atoms with Crippen LogP contribution in [0.2, 0.25) is 0 Å². The van der Waals surface area contributed by atoms with Crippen molar-refractivity contribution in [3.63, 3.8) is 0 Å². The Bertz CT molecular complexity index is 419. The van der Waals surface area contributed by atoms with Gasteiger partial charge < -0.3 is 10.4 Å². The number of carbonyl (C=O) groups is 1. The van der Waals surface area contributed by atoms with Crippen LogP contribution < -0.4 is 5.32 Å². The van der Waals surface area contributed by atoms with Gasteiger partial charge in [-0.2, -0.15) is 0 Å². The number of nitrogens with zero attached hydrogens (tertiary/aromatic N) is 1. The zero-order chi connectivity index (χ0) is 12.3. The monoisotopic (exact) mass is 298 g/mol. The molecule has 0 aromatic carbocycles. The third-order valence-electron chi connectivity index (χ3n) is 3.19. The molecule has 0 saturated heterocycles. The minimum absolute atomic E-state index is 0.108. The summed E-state index contributed by atoms with van der Waals surface area (Å²) < 4.78 is 0.793. The lowest BCUT2D eigenvalue weighted by molar-refractivity contribution is 0.0940. The second-order valence-electron chi connectivity index (χ2n) is 4.55. The maximum Gasteiger partial charge on any atom is 0.252 e. The van der Waals surface area contributed by atoms with Crippen molar-refractivity contribution in [1.82, 2.24) is 10.3 Å². The van der Waals surface area contributed by atoms with E-state index in [0.717, 1.165) is 23.7 Å². The van der Waals surface area contributed by atoms with Crippen molar-refractivity contribution >= 4 is 21.8 Å². The van der Waals surface area contributed by atoms with Crippen molar-refractivity contribution < 1.29 is 9.90 Å². The lowest BCUT2D eigenvalue weighted by atomic mass is 10.0. The summed E-state index contributed by atoms with van der Waals surface area (Å²) in [6.07, 6.45) is 6.13. The number of hydrogen-bond acceptors (Lipinski definition) is 3. The maximum absolute atomic E-state index is 11.8. The van der Waals surface area contributed by atoms with E-state index in [1.165, 1.54) is 0 Å². The number of halogens is 1. The molecule has 5 heteroatoms. The predicted octanol–water partition coefficient (Wildman–Crippen LogP) is 1.74. The van der Waals surface area contributed by atoms with Gasteiger partial charge >= 0.3 is 0 Å². The number of rotatable bonds is 5. The van der Waals surface area contributed by atoms with E-state index in [2.05, 4.69) is 26.2 Å². The van der Waals surface area contributed by atoms with Gasteiger partial charge in [-0.3, -0.25) is 9.78 Å². The summed E-state index contributed by atoms with van der Waals surface area (Å²) in [6.45, 7) is 0.827. The highest BCUT2D eigenvalue weighted by atomic mass is 79.9. The number of aromatic nitrogens is 1. The van der Waals surface area contributed by atoms with E-state index >= 15 is 0 Å². The van der Waals surface area contributed by atoms with E-state index in [1.807, 2.05) is 0 Å².